The number of nitrogens with one attached hydrogen (secondary N) is 1. The fourth-order valence-corrected chi connectivity index (χ4v) is 3.01. The molecule has 0 bridgehead atoms. The van der Waals surface area contributed by atoms with Crippen molar-refractivity contribution >= 4 is 37.5 Å². The number of rotatable bonds is 4. The van der Waals surface area contributed by atoms with Crippen LogP contribution in [-0.4, -0.2) is 21.4 Å². The van der Waals surface area contributed by atoms with Crippen molar-refractivity contribution in [1.29, 1.82) is 0 Å². The molecule has 8 heteroatoms. The molecule has 0 saturated carbocycles. The fraction of sp³-hybridized carbons (Fsp3) is 0.133. The van der Waals surface area contributed by atoms with Crippen LogP contribution in [0.3, 0.4) is 0 Å². The molecule has 122 valence electrons. The Morgan fingerprint density at radius 3 is 2.48 bits per heavy atom. The zero-order valence-electron chi connectivity index (χ0n) is 12.5. The minimum absolute atomic E-state index is 0.0846. The Morgan fingerprint density at radius 1 is 1.22 bits per heavy atom. The van der Waals surface area contributed by atoms with E-state index in [1.54, 1.807) is 12.1 Å². The highest BCUT2D eigenvalue weighted by atomic mass is 79.9. The number of carbonyl (C=O) groups excluding carboxylic acids is 1. The molecule has 0 saturated heterocycles. The number of nitrogens with two attached hydrogens (primary N) is 1. The number of hydrogen-bond donors (Lipinski definition) is 2. The Balaban J connectivity index is 2.41. The molecule has 0 aromatic heterocycles. The van der Waals surface area contributed by atoms with Crippen LogP contribution in [0.25, 0.3) is 0 Å². The van der Waals surface area contributed by atoms with Crippen molar-refractivity contribution < 1.29 is 17.9 Å². The first-order valence-corrected chi connectivity index (χ1v) is 8.84. The summed E-state index contributed by atoms with van der Waals surface area (Å²) < 4.78 is 28.9. The number of hydrogen-bond acceptors (Lipinski definition) is 4. The van der Waals surface area contributed by atoms with E-state index >= 15 is 0 Å². The number of methoxy groups -OCH3 is 1. The number of ether oxygens (including phenoxy) is 1. The zero-order chi connectivity index (χ0) is 17.2. The number of benzene rings is 2. The van der Waals surface area contributed by atoms with Crippen LogP contribution in [-0.2, 0) is 10.0 Å². The lowest BCUT2D eigenvalue weighted by Crippen LogP contribution is -2.17. The third-order valence-corrected chi connectivity index (χ3v) is 4.59. The summed E-state index contributed by atoms with van der Waals surface area (Å²) in [6.45, 7) is 1.85. The molecule has 0 radical (unpaired) electrons. The molecule has 0 fully saturated rings. The maximum atomic E-state index is 12.5. The van der Waals surface area contributed by atoms with Gasteiger partial charge in [0.25, 0.3) is 5.91 Å². The molecule has 6 nitrogen and oxygen atoms in total. The van der Waals surface area contributed by atoms with Crippen molar-refractivity contribution in [1.82, 2.24) is 0 Å². The first-order chi connectivity index (χ1) is 10.7. The highest BCUT2D eigenvalue weighted by Gasteiger charge is 2.18. The second-order valence-electron chi connectivity index (χ2n) is 4.82. The molecule has 3 N–H and O–H groups in total. The van der Waals surface area contributed by atoms with Gasteiger partial charge in [0.2, 0.25) is 10.0 Å². The van der Waals surface area contributed by atoms with Gasteiger partial charge in [0.1, 0.15) is 5.75 Å². The van der Waals surface area contributed by atoms with Gasteiger partial charge in [-0.2, -0.15) is 0 Å². The van der Waals surface area contributed by atoms with Gasteiger partial charge in [0.15, 0.2) is 0 Å². The second-order valence-corrected chi connectivity index (χ2v) is 7.30. The van der Waals surface area contributed by atoms with Crippen molar-refractivity contribution in [3.8, 4) is 5.75 Å². The van der Waals surface area contributed by atoms with E-state index in [2.05, 4.69) is 21.2 Å². The van der Waals surface area contributed by atoms with E-state index in [0.717, 1.165) is 10.0 Å². The van der Waals surface area contributed by atoms with E-state index in [-0.39, 0.29) is 16.2 Å². The van der Waals surface area contributed by atoms with E-state index in [4.69, 9.17) is 9.88 Å². The number of sulfonamides is 1. The summed E-state index contributed by atoms with van der Waals surface area (Å²) in [5, 5.41) is 7.84. The van der Waals surface area contributed by atoms with Gasteiger partial charge in [-0.1, -0.05) is 15.9 Å². The van der Waals surface area contributed by atoms with Crippen LogP contribution >= 0.6 is 15.9 Å². The van der Waals surface area contributed by atoms with E-state index in [0.29, 0.717) is 5.69 Å². The summed E-state index contributed by atoms with van der Waals surface area (Å²) in [7, 11) is -2.52. The van der Waals surface area contributed by atoms with E-state index in [1.165, 1.54) is 25.3 Å². The first-order valence-electron chi connectivity index (χ1n) is 6.50. The molecule has 2 aromatic carbocycles. The summed E-state index contributed by atoms with van der Waals surface area (Å²) in [5.41, 5.74) is 1.55. The number of halogens is 1. The average Bonchev–Trinajstić information content (AvgIpc) is 2.48. The van der Waals surface area contributed by atoms with E-state index in [1.807, 2.05) is 13.0 Å². The monoisotopic (exact) mass is 398 g/mol. The fourth-order valence-electron chi connectivity index (χ4n) is 2.00. The van der Waals surface area contributed by atoms with Gasteiger partial charge in [-0.15, -0.1) is 0 Å². The van der Waals surface area contributed by atoms with Gasteiger partial charge in [0.05, 0.1) is 17.6 Å². The topological polar surface area (TPSA) is 98.5 Å². The number of carbonyl (C=O) groups is 1. The minimum Gasteiger partial charge on any atom is -0.496 e. The van der Waals surface area contributed by atoms with Crippen LogP contribution in [0.1, 0.15) is 15.9 Å². The molecule has 1 amide bonds. The second kappa shape index (κ2) is 6.69. The van der Waals surface area contributed by atoms with E-state index in [9.17, 15) is 13.2 Å². The normalized spacial score (nSPS) is 11.1. The number of anilines is 1. The molecule has 0 aliphatic rings. The largest absolute Gasteiger partial charge is 0.496 e. The zero-order valence-corrected chi connectivity index (χ0v) is 14.9. The summed E-state index contributed by atoms with van der Waals surface area (Å²) in [5.74, 6) is -0.234. The molecular weight excluding hydrogens is 384 g/mol. The Bertz CT molecular complexity index is 866. The molecule has 0 aliphatic heterocycles. The third-order valence-electron chi connectivity index (χ3n) is 3.18. The van der Waals surface area contributed by atoms with Gasteiger partial charge < -0.3 is 10.1 Å². The molecule has 0 heterocycles. The van der Waals surface area contributed by atoms with Crippen molar-refractivity contribution in [3.05, 3.63) is 52.0 Å². The Hall–Kier alpha value is -1.90. The smallest absolute Gasteiger partial charge is 0.259 e. The third kappa shape index (κ3) is 4.10. The molecule has 0 spiro atoms. The maximum Gasteiger partial charge on any atom is 0.259 e. The Labute approximate surface area is 142 Å². The van der Waals surface area contributed by atoms with Crippen LogP contribution in [0, 0.1) is 6.92 Å². The molecule has 0 atom stereocenters. The van der Waals surface area contributed by atoms with Crippen LogP contribution in [0.4, 0.5) is 5.69 Å². The van der Waals surface area contributed by atoms with Crippen LogP contribution in [0.15, 0.2) is 45.8 Å². The maximum absolute atomic E-state index is 12.5. The van der Waals surface area contributed by atoms with Crippen LogP contribution < -0.4 is 15.2 Å². The highest BCUT2D eigenvalue weighted by Crippen LogP contribution is 2.25. The molecule has 23 heavy (non-hydrogen) atoms. The minimum atomic E-state index is -3.91. The predicted octanol–water partition coefficient (Wildman–Crippen LogP) is 2.67. The van der Waals surface area contributed by atoms with Crippen molar-refractivity contribution in [3.63, 3.8) is 0 Å². The van der Waals surface area contributed by atoms with Gasteiger partial charge in [-0.25, -0.2) is 13.6 Å². The van der Waals surface area contributed by atoms with Crippen molar-refractivity contribution in [2.24, 2.45) is 5.14 Å². The summed E-state index contributed by atoms with van der Waals surface area (Å²) in [4.78, 5) is 12.3. The van der Waals surface area contributed by atoms with Crippen LogP contribution in [0.2, 0.25) is 0 Å². The highest BCUT2D eigenvalue weighted by molar-refractivity contribution is 9.10. The lowest BCUT2D eigenvalue weighted by molar-refractivity contribution is 0.102. The lowest BCUT2D eigenvalue weighted by atomic mass is 10.1. The predicted molar refractivity (Wildman–Crippen MR) is 91.2 cm³/mol. The molecule has 2 aromatic rings. The molecule has 0 aliphatic carbocycles. The quantitative estimate of drug-likeness (QED) is 0.826. The standard InChI is InChI=1S/C15H15BrN2O4S/c1-9-7-10(16)3-5-13(9)18-15(19)12-8-11(23(17,20)21)4-6-14(12)22-2/h3-8H,1-2H3,(H,18,19)(H2,17,20,21). The number of amides is 1. The summed E-state index contributed by atoms with van der Waals surface area (Å²) in [6.07, 6.45) is 0. The Morgan fingerprint density at radius 2 is 1.91 bits per heavy atom. The SMILES string of the molecule is COc1ccc(S(N)(=O)=O)cc1C(=O)Nc1ccc(Br)cc1C. The van der Waals surface area contributed by atoms with Gasteiger partial charge in [-0.05, 0) is 48.9 Å². The average molecular weight is 399 g/mol. The first kappa shape index (κ1) is 17.5. The molecular formula is C15H15BrN2O4S. The summed E-state index contributed by atoms with van der Waals surface area (Å²) >= 11 is 3.35. The Kier molecular flexibility index (Phi) is 5.08. The van der Waals surface area contributed by atoms with E-state index < -0.39 is 15.9 Å². The van der Waals surface area contributed by atoms with Crippen LogP contribution in [0.5, 0.6) is 5.75 Å². The summed E-state index contributed by atoms with van der Waals surface area (Å²) in [6, 6.07) is 9.26. The number of primary sulfonamides is 1. The van der Waals surface area contributed by atoms with Crippen molar-refractivity contribution in [2.75, 3.05) is 12.4 Å². The van der Waals surface area contributed by atoms with Gasteiger partial charge in [0, 0.05) is 10.2 Å². The van der Waals surface area contributed by atoms with Gasteiger partial charge in [-0.3, -0.25) is 4.79 Å². The molecule has 2 rings (SSSR count). The lowest BCUT2D eigenvalue weighted by Gasteiger charge is -2.12. The molecule has 0 unspecified atom stereocenters. The number of aryl methyl sites for hydroxylation is 1. The van der Waals surface area contributed by atoms with Gasteiger partial charge >= 0.3 is 0 Å². The van der Waals surface area contributed by atoms with Crippen molar-refractivity contribution in [2.45, 2.75) is 11.8 Å².